The van der Waals surface area contributed by atoms with E-state index in [0.717, 1.165) is 24.7 Å². The van der Waals surface area contributed by atoms with E-state index in [2.05, 4.69) is 4.90 Å². The predicted molar refractivity (Wildman–Crippen MR) is 124 cm³/mol. The molecule has 2 aromatic rings. The van der Waals surface area contributed by atoms with Crippen molar-refractivity contribution in [1.29, 1.82) is 0 Å². The fourth-order valence-electron chi connectivity index (χ4n) is 4.11. The molecule has 1 saturated heterocycles. The Morgan fingerprint density at radius 1 is 1.10 bits per heavy atom. The van der Waals surface area contributed by atoms with Gasteiger partial charge in [-0.15, -0.1) is 12.4 Å². The predicted octanol–water partition coefficient (Wildman–Crippen LogP) is 6.27. The smallest absolute Gasteiger partial charge is 0.223 e. The standard InChI is InChI=1S/C23H26Cl2F2N2O.ClH/c1-15(16-10-18(24)13-19(25)11-16)29(3)22(30)14-23(6-8-28(2)9-7-23)17-4-5-20(26)21(27)12-17;/h4-5,10-13,15H,6-9,14H2,1-3H3;1H. The second-order valence-corrected chi connectivity index (χ2v) is 9.15. The number of halogens is 5. The minimum Gasteiger partial charge on any atom is -0.339 e. The van der Waals surface area contributed by atoms with Gasteiger partial charge in [-0.1, -0.05) is 29.3 Å². The summed E-state index contributed by atoms with van der Waals surface area (Å²) in [4.78, 5) is 17.1. The maximum absolute atomic E-state index is 14.0. The summed E-state index contributed by atoms with van der Waals surface area (Å²) < 4.78 is 27.5. The Morgan fingerprint density at radius 3 is 2.23 bits per heavy atom. The molecule has 1 aliphatic rings. The number of amides is 1. The Kier molecular flexibility index (Phi) is 8.74. The van der Waals surface area contributed by atoms with Gasteiger partial charge < -0.3 is 9.80 Å². The highest BCUT2D eigenvalue weighted by Gasteiger charge is 2.39. The van der Waals surface area contributed by atoms with E-state index in [4.69, 9.17) is 23.2 Å². The fourth-order valence-corrected chi connectivity index (χ4v) is 4.65. The molecule has 3 rings (SSSR count). The van der Waals surface area contributed by atoms with E-state index in [9.17, 15) is 13.6 Å². The highest BCUT2D eigenvalue weighted by molar-refractivity contribution is 6.34. The minimum absolute atomic E-state index is 0. The topological polar surface area (TPSA) is 23.6 Å². The Labute approximate surface area is 198 Å². The zero-order valence-electron chi connectivity index (χ0n) is 17.8. The summed E-state index contributed by atoms with van der Waals surface area (Å²) in [7, 11) is 3.77. The van der Waals surface area contributed by atoms with E-state index in [1.165, 1.54) is 6.07 Å². The summed E-state index contributed by atoms with van der Waals surface area (Å²) in [5, 5.41) is 1.03. The van der Waals surface area contributed by atoms with Crippen molar-refractivity contribution in [3.63, 3.8) is 0 Å². The molecule has 0 spiro atoms. The van der Waals surface area contributed by atoms with Gasteiger partial charge in [0.1, 0.15) is 0 Å². The first-order valence-corrected chi connectivity index (χ1v) is 10.7. The monoisotopic (exact) mass is 490 g/mol. The van der Waals surface area contributed by atoms with E-state index in [0.29, 0.717) is 28.5 Å². The quantitative estimate of drug-likeness (QED) is 0.492. The summed E-state index contributed by atoms with van der Waals surface area (Å²) >= 11 is 12.2. The summed E-state index contributed by atoms with van der Waals surface area (Å²) in [5.41, 5.74) is 0.987. The molecule has 1 aliphatic heterocycles. The van der Waals surface area contributed by atoms with Crippen LogP contribution in [0.4, 0.5) is 8.78 Å². The number of carbonyl (C=O) groups excluding carboxylic acids is 1. The molecule has 1 unspecified atom stereocenters. The van der Waals surface area contributed by atoms with Gasteiger partial charge in [0.2, 0.25) is 5.91 Å². The highest BCUT2D eigenvalue weighted by atomic mass is 35.5. The molecule has 0 N–H and O–H groups in total. The van der Waals surface area contributed by atoms with Gasteiger partial charge >= 0.3 is 0 Å². The molecule has 8 heteroatoms. The van der Waals surface area contributed by atoms with Crippen molar-refractivity contribution >= 4 is 41.5 Å². The molecular weight excluding hydrogens is 465 g/mol. The van der Waals surface area contributed by atoms with Gasteiger partial charge in [0, 0.05) is 28.9 Å². The van der Waals surface area contributed by atoms with E-state index in [-0.39, 0.29) is 30.8 Å². The molecule has 0 radical (unpaired) electrons. The normalized spacial score (nSPS) is 17.0. The number of rotatable bonds is 5. The van der Waals surface area contributed by atoms with Crippen molar-refractivity contribution in [1.82, 2.24) is 9.80 Å². The summed E-state index contributed by atoms with van der Waals surface area (Å²) in [6.07, 6.45) is 1.62. The van der Waals surface area contributed by atoms with Gasteiger partial charge in [-0.25, -0.2) is 8.78 Å². The molecule has 170 valence electrons. The number of benzene rings is 2. The average Bonchev–Trinajstić information content (AvgIpc) is 2.70. The first-order chi connectivity index (χ1) is 14.1. The zero-order chi connectivity index (χ0) is 22.1. The highest BCUT2D eigenvalue weighted by Crippen LogP contribution is 2.40. The lowest BCUT2D eigenvalue weighted by molar-refractivity contribution is -0.133. The molecule has 0 bridgehead atoms. The van der Waals surface area contributed by atoms with E-state index >= 15 is 0 Å². The number of carbonyl (C=O) groups is 1. The van der Waals surface area contributed by atoms with Crippen LogP contribution in [-0.4, -0.2) is 42.9 Å². The van der Waals surface area contributed by atoms with Crippen LogP contribution in [0.2, 0.25) is 10.0 Å². The van der Waals surface area contributed by atoms with E-state index < -0.39 is 17.0 Å². The van der Waals surface area contributed by atoms with Crippen LogP contribution in [0.15, 0.2) is 36.4 Å². The van der Waals surface area contributed by atoms with Crippen LogP contribution in [0.3, 0.4) is 0 Å². The maximum atomic E-state index is 14.0. The van der Waals surface area contributed by atoms with Crippen molar-refractivity contribution in [2.45, 2.75) is 37.6 Å². The molecule has 0 aromatic heterocycles. The van der Waals surface area contributed by atoms with Crippen LogP contribution in [0, 0.1) is 11.6 Å². The van der Waals surface area contributed by atoms with Crippen LogP contribution in [-0.2, 0) is 10.2 Å². The van der Waals surface area contributed by atoms with Crippen LogP contribution in [0.25, 0.3) is 0 Å². The lowest BCUT2D eigenvalue weighted by Crippen LogP contribution is -2.44. The van der Waals surface area contributed by atoms with Gasteiger partial charge in [0.15, 0.2) is 11.6 Å². The van der Waals surface area contributed by atoms with Crippen molar-refractivity contribution in [3.8, 4) is 0 Å². The minimum atomic E-state index is -0.881. The second kappa shape index (κ2) is 10.5. The average molecular weight is 492 g/mol. The number of hydrogen-bond donors (Lipinski definition) is 0. The molecule has 1 fully saturated rings. The molecule has 1 heterocycles. The molecule has 2 aromatic carbocycles. The molecule has 1 atom stereocenters. The Bertz CT molecular complexity index is 913. The van der Waals surface area contributed by atoms with Crippen molar-refractivity contribution < 1.29 is 13.6 Å². The Morgan fingerprint density at radius 2 is 1.68 bits per heavy atom. The first kappa shape index (κ1) is 25.9. The fraction of sp³-hybridized carbons (Fsp3) is 0.435. The first-order valence-electron chi connectivity index (χ1n) is 9.97. The second-order valence-electron chi connectivity index (χ2n) is 8.27. The van der Waals surface area contributed by atoms with E-state index in [1.54, 1.807) is 36.2 Å². The van der Waals surface area contributed by atoms with Crippen molar-refractivity contribution in [2.24, 2.45) is 0 Å². The molecule has 0 saturated carbocycles. The molecule has 0 aliphatic carbocycles. The van der Waals surface area contributed by atoms with E-state index in [1.807, 2.05) is 14.0 Å². The molecule has 3 nitrogen and oxygen atoms in total. The van der Waals surface area contributed by atoms with Crippen LogP contribution in [0.5, 0.6) is 0 Å². The summed E-state index contributed by atoms with van der Waals surface area (Å²) in [5.74, 6) is -1.82. The maximum Gasteiger partial charge on any atom is 0.223 e. The number of hydrogen-bond acceptors (Lipinski definition) is 2. The molecular formula is C23H27Cl3F2N2O. The SMILES string of the molecule is CC(c1cc(Cl)cc(Cl)c1)N(C)C(=O)CC1(c2ccc(F)c(F)c2)CCN(C)CC1.Cl. The van der Waals surface area contributed by atoms with Gasteiger partial charge in [-0.2, -0.15) is 0 Å². The van der Waals surface area contributed by atoms with Gasteiger partial charge in [0.25, 0.3) is 0 Å². The largest absolute Gasteiger partial charge is 0.339 e. The number of nitrogens with zero attached hydrogens (tertiary/aromatic N) is 2. The lowest BCUT2D eigenvalue weighted by atomic mass is 9.70. The Hall–Kier alpha value is -1.40. The van der Waals surface area contributed by atoms with Crippen LogP contribution in [0.1, 0.15) is 43.4 Å². The van der Waals surface area contributed by atoms with Crippen LogP contribution < -0.4 is 0 Å². The third-order valence-electron chi connectivity index (χ3n) is 6.31. The lowest BCUT2D eigenvalue weighted by Gasteiger charge is -2.42. The Balaban J connectivity index is 0.00000341. The molecule has 1 amide bonds. The summed E-state index contributed by atoms with van der Waals surface area (Å²) in [6, 6.07) is 9.01. The number of likely N-dealkylation sites (tertiary alicyclic amines) is 1. The van der Waals surface area contributed by atoms with Gasteiger partial charge in [-0.05, 0) is 81.4 Å². The molecule has 31 heavy (non-hydrogen) atoms. The van der Waals surface area contributed by atoms with Crippen molar-refractivity contribution in [3.05, 3.63) is 69.2 Å². The number of piperidine rings is 1. The van der Waals surface area contributed by atoms with Crippen LogP contribution >= 0.6 is 35.6 Å². The van der Waals surface area contributed by atoms with Gasteiger partial charge in [-0.3, -0.25) is 4.79 Å². The summed E-state index contributed by atoms with van der Waals surface area (Å²) in [6.45, 7) is 3.49. The third kappa shape index (κ3) is 5.89. The third-order valence-corrected chi connectivity index (χ3v) is 6.74. The zero-order valence-corrected chi connectivity index (χ0v) is 20.1. The van der Waals surface area contributed by atoms with Gasteiger partial charge in [0.05, 0.1) is 6.04 Å². The van der Waals surface area contributed by atoms with Crippen molar-refractivity contribution in [2.75, 3.05) is 27.2 Å².